The number of nitrogens with two attached hydrogens (primary N) is 1. The fourth-order valence-electron chi connectivity index (χ4n) is 1.55. The lowest BCUT2D eigenvalue weighted by Gasteiger charge is -2.12. The third-order valence-electron chi connectivity index (χ3n) is 2.84. The molecule has 1 atom stereocenters. The van der Waals surface area contributed by atoms with Crippen molar-refractivity contribution in [1.82, 2.24) is 10.6 Å². The van der Waals surface area contributed by atoms with Gasteiger partial charge in [-0.15, -0.1) is 0 Å². The molecule has 0 bridgehead atoms. The average molecular weight is 308 g/mol. The summed E-state index contributed by atoms with van der Waals surface area (Å²) in [7, 11) is 2.94. The first kappa shape index (κ1) is 19.4. The maximum atomic E-state index is 11.7. The molecule has 2 amide bonds. The van der Waals surface area contributed by atoms with Crippen molar-refractivity contribution in [3.8, 4) is 0 Å². The Bertz CT molecular complexity index is 519. The number of hydrogen-bond acceptors (Lipinski definition) is 5. The van der Waals surface area contributed by atoms with Crippen molar-refractivity contribution in [2.75, 3.05) is 14.2 Å². The van der Waals surface area contributed by atoms with Crippen LogP contribution in [-0.4, -0.2) is 37.9 Å². The third-order valence-corrected chi connectivity index (χ3v) is 2.84. The van der Waals surface area contributed by atoms with Gasteiger partial charge in [0, 0.05) is 12.7 Å². The third kappa shape index (κ3) is 6.74. The van der Waals surface area contributed by atoms with Crippen molar-refractivity contribution in [2.24, 2.45) is 10.7 Å². The van der Waals surface area contributed by atoms with Crippen LogP contribution in [0.25, 0.3) is 0 Å². The number of hydrogen-bond donors (Lipinski definition) is 3. The summed E-state index contributed by atoms with van der Waals surface area (Å²) in [5, 5.41) is 5.40. The molecule has 122 valence electrons. The second kappa shape index (κ2) is 10.2. The number of carbonyl (C=O) groups excluding carboxylic acids is 2. The number of rotatable bonds is 7. The van der Waals surface area contributed by atoms with Gasteiger partial charge < -0.3 is 21.1 Å². The van der Waals surface area contributed by atoms with Gasteiger partial charge in [0.2, 0.25) is 0 Å². The lowest BCUT2D eigenvalue weighted by Crippen LogP contribution is -2.32. The minimum Gasteiger partial charge on any atom is -0.467 e. The van der Waals surface area contributed by atoms with Crippen LogP contribution in [0.2, 0.25) is 0 Å². The number of nitrogens with one attached hydrogen (secondary N) is 2. The van der Waals surface area contributed by atoms with Gasteiger partial charge in [-0.3, -0.25) is 4.99 Å². The van der Waals surface area contributed by atoms with E-state index in [0.29, 0.717) is 11.4 Å². The second-order valence-corrected chi connectivity index (χ2v) is 4.37. The van der Waals surface area contributed by atoms with E-state index in [2.05, 4.69) is 15.6 Å². The summed E-state index contributed by atoms with van der Waals surface area (Å²) in [5.74, 6) is -0.418. The number of urea groups is 1. The van der Waals surface area contributed by atoms with E-state index in [1.54, 1.807) is 45.3 Å². The molecular weight excluding hydrogens is 284 g/mol. The lowest BCUT2D eigenvalue weighted by atomic mass is 10.1. The van der Waals surface area contributed by atoms with Crippen molar-refractivity contribution >= 4 is 17.7 Å². The highest BCUT2D eigenvalue weighted by atomic mass is 16.5. The quantitative estimate of drug-likeness (QED) is 0.486. The van der Waals surface area contributed by atoms with E-state index in [-0.39, 0.29) is 0 Å². The monoisotopic (exact) mass is 308 g/mol. The molecule has 0 aromatic carbocycles. The topological polar surface area (TPSA) is 106 Å². The Hall–Kier alpha value is -2.57. The molecular formula is C15H24N4O3. The van der Waals surface area contributed by atoms with E-state index in [1.165, 1.54) is 7.11 Å². The Morgan fingerprint density at radius 2 is 1.95 bits per heavy atom. The smallest absolute Gasteiger partial charge is 0.332 e. The standard InChI is InChI=1S/C15H24N4O3/c1-6-9-18-13(14(20)22-5)8-7-12(17-4)10(2)11(3)19-15(16)21/h6-9,13,18H,1-5H3,(H3,16,19,21)/b8-7+,9-6-,11-10+,17-12-. The predicted octanol–water partition coefficient (Wildman–Crippen LogP) is 1.24. The number of primary amides is 1. The Morgan fingerprint density at radius 3 is 2.41 bits per heavy atom. The number of esters is 1. The van der Waals surface area contributed by atoms with Crippen LogP contribution >= 0.6 is 0 Å². The molecule has 0 fully saturated rings. The summed E-state index contributed by atoms with van der Waals surface area (Å²) in [6, 6.07) is -1.27. The number of carbonyl (C=O) groups is 2. The molecule has 1 unspecified atom stereocenters. The number of ether oxygens (including phenoxy) is 1. The van der Waals surface area contributed by atoms with Gasteiger partial charge in [0.05, 0.1) is 12.8 Å². The molecule has 0 aliphatic rings. The molecule has 0 aromatic heterocycles. The van der Waals surface area contributed by atoms with Gasteiger partial charge >= 0.3 is 12.0 Å². The molecule has 7 nitrogen and oxygen atoms in total. The Kier molecular flexibility index (Phi) is 9.01. The first-order valence-electron chi connectivity index (χ1n) is 6.71. The van der Waals surface area contributed by atoms with Gasteiger partial charge in [0.25, 0.3) is 0 Å². The number of nitrogens with zero attached hydrogens (tertiary/aromatic N) is 1. The van der Waals surface area contributed by atoms with Gasteiger partial charge in [-0.1, -0.05) is 6.08 Å². The normalized spacial score (nSPS) is 14.7. The van der Waals surface area contributed by atoms with Crippen LogP contribution < -0.4 is 16.4 Å². The summed E-state index contributed by atoms with van der Waals surface area (Å²) in [6.07, 6.45) is 6.73. The van der Waals surface area contributed by atoms with Crippen molar-refractivity contribution < 1.29 is 14.3 Å². The molecule has 0 rings (SSSR count). The minimum absolute atomic E-state index is 0.418. The maximum Gasteiger partial charge on any atom is 0.332 e. The van der Waals surface area contributed by atoms with Crippen LogP contribution in [0.1, 0.15) is 20.8 Å². The Morgan fingerprint density at radius 1 is 1.32 bits per heavy atom. The van der Waals surface area contributed by atoms with Crippen LogP contribution in [0.4, 0.5) is 4.79 Å². The van der Waals surface area contributed by atoms with E-state index in [0.717, 1.165) is 5.57 Å². The van der Waals surface area contributed by atoms with Crippen LogP contribution in [-0.2, 0) is 9.53 Å². The van der Waals surface area contributed by atoms with Crippen molar-refractivity contribution in [2.45, 2.75) is 26.8 Å². The first-order valence-corrected chi connectivity index (χ1v) is 6.71. The highest BCUT2D eigenvalue weighted by molar-refractivity contribution is 6.09. The summed E-state index contributed by atoms with van der Waals surface area (Å²) in [6.45, 7) is 5.34. The van der Waals surface area contributed by atoms with Crippen molar-refractivity contribution in [1.29, 1.82) is 0 Å². The summed E-state index contributed by atoms with van der Waals surface area (Å²) < 4.78 is 4.72. The van der Waals surface area contributed by atoms with E-state index in [1.807, 2.05) is 6.92 Å². The first-order chi connectivity index (χ1) is 10.4. The van der Waals surface area contributed by atoms with E-state index in [4.69, 9.17) is 10.5 Å². The lowest BCUT2D eigenvalue weighted by molar-refractivity contribution is -0.141. The number of amides is 2. The average Bonchev–Trinajstić information content (AvgIpc) is 2.48. The zero-order valence-electron chi connectivity index (χ0n) is 13.6. The van der Waals surface area contributed by atoms with Gasteiger partial charge in [-0.2, -0.15) is 0 Å². The summed E-state index contributed by atoms with van der Waals surface area (Å²) in [5.41, 5.74) is 7.03. The van der Waals surface area contributed by atoms with Gasteiger partial charge in [-0.05, 0) is 44.7 Å². The van der Waals surface area contributed by atoms with Crippen LogP contribution in [0.3, 0.4) is 0 Å². The fourth-order valence-corrected chi connectivity index (χ4v) is 1.55. The summed E-state index contributed by atoms with van der Waals surface area (Å²) >= 11 is 0. The van der Waals surface area contributed by atoms with Crippen LogP contribution in [0.15, 0.2) is 40.7 Å². The molecule has 0 saturated heterocycles. The molecule has 0 aliphatic carbocycles. The number of aliphatic imine (C=N–C) groups is 1. The highest BCUT2D eigenvalue weighted by Crippen LogP contribution is 2.05. The molecule has 0 radical (unpaired) electrons. The number of methoxy groups -OCH3 is 1. The molecule has 7 heteroatoms. The van der Waals surface area contributed by atoms with E-state index >= 15 is 0 Å². The Balaban J connectivity index is 5.26. The van der Waals surface area contributed by atoms with E-state index in [9.17, 15) is 9.59 Å². The Labute approximate surface area is 131 Å². The molecule has 0 heterocycles. The summed E-state index contributed by atoms with van der Waals surface area (Å²) in [4.78, 5) is 26.7. The molecule has 0 aromatic rings. The van der Waals surface area contributed by atoms with Gasteiger partial charge in [-0.25, -0.2) is 9.59 Å². The predicted molar refractivity (Wildman–Crippen MR) is 87.3 cm³/mol. The van der Waals surface area contributed by atoms with Gasteiger partial charge in [0.15, 0.2) is 0 Å². The van der Waals surface area contributed by atoms with Crippen LogP contribution in [0, 0.1) is 0 Å². The zero-order chi connectivity index (χ0) is 17.1. The SMILES string of the molecule is C/C=C\NC(/C=C/C(=N/C)C(/C)=C(\C)NC(N)=O)C(=O)OC. The fraction of sp³-hybridized carbons (Fsp3) is 0.400. The maximum absolute atomic E-state index is 11.7. The number of allylic oxidation sites excluding steroid dienone is 4. The zero-order valence-corrected chi connectivity index (χ0v) is 13.6. The minimum atomic E-state index is -0.640. The molecule has 0 saturated carbocycles. The van der Waals surface area contributed by atoms with E-state index < -0.39 is 18.0 Å². The van der Waals surface area contributed by atoms with Crippen molar-refractivity contribution in [3.63, 3.8) is 0 Å². The molecule has 0 aliphatic heterocycles. The van der Waals surface area contributed by atoms with Gasteiger partial charge in [0.1, 0.15) is 6.04 Å². The molecule has 0 spiro atoms. The molecule has 22 heavy (non-hydrogen) atoms. The molecule has 4 N–H and O–H groups in total. The van der Waals surface area contributed by atoms with Crippen LogP contribution in [0.5, 0.6) is 0 Å². The largest absolute Gasteiger partial charge is 0.467 e. The highest BCUT2D eigenvalue weighted by Gasteiger charge is 2.14. The van der Waals surface area contributed by atoms with Crippen molar-refractivity contribution in [3.05, 3.63) is 35.7 Å². The second-order valence-electron chi connectivity index (χ2n) is 4.37.